The minimum Gasteiger partial charge on any atom is -0.455 e. The highest BCUT2D eigenvalue weighted by molar-refractivity contribution is 7.90. The van der Waals surface area contributed by atoms with E-state index in [9.17, 15) is 23.3 Å². The number of rotatable bonds is 13. The van der Waals surface area contributed by atoms with Crippen molar-refractivity contribution in [2.45, 2.75) is 75.8 Å². The molecule has 2 aliphatic carbocycles. The number of nitrogen functional groups attached to an aromatic ring is 1. The molecule has 0 unspecified atom stereocenters. The maximum absolute atomic E-state index is 13.9. The lowest BCUT2D eigenvalue weighted by Crippen LogP contribution is -2.47. The summed E-state index contributed by atoms with van der Waals surface area (Å²) in [6.07, 6.45) is 8.04. The highest BCUT2D eigenvalue weighted by atomic mass is 35.5. The molecule has 0 spiro atoms. The normalized spacial score (nSPS) is 20.9. The van der Waals surface area contributed by atoms with E-state index in [-0.39, 0.29) is 45.0 Å². The largest absolute Gasteiger partial charge is 0.455 e. The molecule has 65 heavy (non-hydrogen) atoms. The monoisotopic (exact) mass is 946 g/mol. The Bertz CT molecular complexity index is 2540. The van der Waals surface area contributed by atoms with Crippen LogP contribution in [0, 0.1) is 15.5 Å². The number of carbonyl (C=O) groups is 1. The standard InChI is InChI=1S/C47H56Cl2N8O7S/c1-47(2)16-15-32(40(28-47)31-3-5-33(48)6-4-31)30-54-17-19-55(20-18-54)36-11-13-39(44(25-36)64-37-26-41(49)45(50)51-29-37)46(58)53-65(61,62)38-12-14-42(43(27-38)57(59)60)52-34-7-9-35(10-8-34)56-21-23-63-24-22-56/h3-6,11-14,25-27,29,34-35,52H,7-10,15-24,28,30H2,1-2H3,(H2,50,51)(H,53,58)/t34-,35-. The van der Waals surface area contributed by atoms with Gasteiger partial charge in [-0.3, -0.25) is 24.7 Å². The number of hydrogen-bond donors (Lipinski definition) is 3. The molecular formula is C47H56Cl2N8O7S. The molecule has 3 fully saturated rings. The predicted molar refractivity (Wildman–Crippen MR) is 255 cm³/mol. The SMILES string of the molecule is CC1(C)CCC(CN2CCN(c3ccc(C(=O)NS(=O)(=O)c4ccc(N[C@H]5CC[C@H](N6CCOCC6)CC5)c([N+](=O)[O-])c4)c(Oc4cnc(N)c(Cl)c4)c3)CC2)=C(c2ccc(Cl)cc2)C1. The number of nitro groups is 1. The summed E-state index contributed by atoms with van der Waals surface area (Å²) < 4.78 is 41.3. The Balaban J connectivity index is 0.968. The van der Waals surface area contributed by atoms with Gasteiger partial charge in [0.25, 0.3) is 21.6 Å². The van der Waals surface area contributed by atoms with Gasteiger partial charge in [-0.25, -0.2) is 18.1 Å². The van der Waals surface area contributed by atoms with E-state index >= 15 is 0 Å². The van der Waals surface area contributed by atoms with Crippen molar-refractivity contribution < 1.29 is 27.6 Å². The Morgan fingerprint density at radius 3 is 2.38 bits per heavy atom. The number of nitro benzene ring substituents is 1. The molecule has 2 saturated heterocycles. The van der Waals surface area contributed by atoms with E-state index in [0.717, 1.165) is 108 Å². The molecular weight excluding hydrogens is 892 g/mol. The lowest BCUT2D eigenvalue weighted by molar-refractivity contribution is -0.384. The Labute approximate surface area is 390 Å². The molecule has 346 valence electrons. The van der Waals surface area contributed by atoms with E-state index in [0.29, 0.717) is 19.1 Å². The number of hydrogen-bond acceptors (Lipinski definition) is 13. The molecule has 1 amide bonds. The molecule has 18 heteroatoms. The number of pyridine rings is 1. The van der Waals surface area contributed by atoms with Crippen LogP contribution in [-0.2, 0) is 14.8 Å². The first-order valence-corrected chi connectivity index (χ1v) is 24.5. The van der Waals surface area contributed by atoms with Crippen LogP contribution in [-0.4, -0.2) is 105 Å². The van der Waals surface area contributed by atoms with Crippen molar-refractivity contribution in [2.24, 2.45) is 5.41 Å². The number of carbonyl (C=O) groups excluding carboxylic acids is 1. The molecule has 3 heterocycles. The van der Waals surface area contributed by atoms with Gasteiger partial charge in [0.1, 0.15) is 23.0 Å². The summed E-state index contributed by atoms with van der Waals surface area (Å²) in [5, 5.41) is 16.4. The van der Waals surface area contributed by atoms with Crippen LogP contribution in [0.4, 0.5) is 22.9 Å². The quantitative estimate of drug-likeness (QED) is 0.0856. The van der Waals surface area contributed by atoms with Gasteiger partial charge in [0.2, 0.25) is 0 Å². The zero-order valence-corrected chi connectivity index (χ0v) is 39.1. The molecule has 2 aliphatic heterocycles. The summed E-state index contributed by atoms with van der Waals surface area (Å²) in [6.45, 7) is 11.8. The van der Waals surface area contributed by atoms with Crippen LogP contribution in [0.15, 0.2) is 83.4 Å². The maximum Gasteiger partial charge on any atom is 0.293 e. The molecule has 8 rings (SSSR count). The minimum absolute atomic E-state index is 0.00875. The summed E-state index contributed by atoms with van der Waals surface area (Å²) >= 11 is 12.5. The number of nitrogens with two attached hydrogens (primary N) is 1. The van der Waals surface area contributed by atoms with Crippen LogP contribution < -0.4 is 25.4 Å². The van der Waals surface area contributed by atoms with Gasteiger partial charge < -0.3 is 25.4 Å². The molecule has 0 bridgehead atoms. The second-order valence-electron chi connectivity index (χ2n) is 18.2. The fourth-order valence-electron chi connectivity index (χ4n) is 9.43. The number of benzene rings is 3. The first-order valence-electron chi connectivity index (χ1n) is 22.2. The molecule has 0 radical (unpaired) electrons. The van der Waals surface area contributed by atoms with Crippen molar-refractivity contribution in [1.29, 1.82) is 0 Å². The zero-order chi connectivity index (χ0) is 45.9. The summed E-state index contributed by atoms with van der Waals surface area (Å²) in [5.74, 6) is -0.671. The zero-order valence-electron chi connectivity index (χ0n) is 36.7. The summed E-state index contributed by atoms with van der Waals surface area (Å²) in [7, 11) is -4.59. The Morgan fingerprint density at radius 1 is 0.969 bits per heavy atom. The number of anilines is 3. The second kappa shape index (κ2) is 19.9. The molecule has 15 nitrogen and oxygen atoms in total. The number of halogens is 2. The van der Waals surface area contributed by atoms with Gasteiger partial charge >= 0.3 is 0 Å². The first-order chi connectivity index (χ1) is 31.1. The van der Waals surface area contributed by atoms with Crippen LogP contribution in [0.1, 0.15) is 74.7 Å². The number of nitrogens with one attached hydrogen (secondary N) is 2. The van der Waals surface area contributed by atoms with E-state index in [1.54, 1.807) is 12.1 Å². The second-order valence-corrected chi connectivity index (χ2v) is 20.7. The highest BCUT2D eigenvalue weighted by Gasteiger charge is 2.32. The van der Waals surface area contributed by atoms with Crippen molar-refractivity contribution in [3.8, 4) is 11.5 Å². The highest BCUT2D eigenvalue weighted by Crippen LogP contribution is 2.44. The molecule has 4 N–H and O–H groups in total. The number of ether oxygens (including phenoxy) is 2. The van der Waals surface area contributed by atoms with Crippen molar-refractivity contribution in [2.75, 3.05) is 75.0 Å². The van der Waals surface area contributed by atoms with Crippen LogP contribution in [0.2, 0.25) is 10.0 Å². The van der Waals surface area contributed by atoms with E-state index in [1.165, 1.54) is 47.2 Å². The molecule has 1 saturated carbocycles. The number of sulfonamides is 1. The van der Waals surface area contributed by atoms with Crippen LogP contribution in [0.25, 0.3) is 5.57 Å². The van der Waals surface area contributed by atoms with E-state index in [2.05, 4.69) is 55.7 Å². The van der Waals surface area contributed by atoms with Gasteiger partial charge in [-0.2, -0.15) is 0 Å². The number of amides is 1. The van der Waals surface area contributed by atoms with Gasteiger partial charge in [0.15, 0.2) is 0 Å². The smallest absolute Gasteiger partial charge is 0.293 e. The minimum atomic E-state index is -4.59. The third kappa shape index (κ3) is 11.4. The van der Waals surface area contributed by atoms with Crippen molar-refractivity contribution in [1.82, 2.24) is 19.5 Å². The predicted octanol–water partition coefficient (Wildman–Crippen LogP) is 8.63. The van der Waals surface area contributed by atoms with Gasteiger partial charge in [0, 0.05) is 86.8 Å². The number of morpholine rings is 1. The third-order valence-corrected chi connectivity index (χ3v) is 15.0. The fourth-order valence-corrected chi connectivity index (χ4v) is 10.7. The van der Waals surface area contributed by atoms with Crippen LogP contribution in [0.5, 0.6) is 11.5 Å². The average molecular weight is 948 g/mol. The molecule has 4 aliphatic rings. The summed E-state index contributed by atoms with van der Waals surface area (Å²) in [5.41, 5.74) is 10.6. The van der Waals surface area contributed by atoms with Gasteiger partial charge in [-0.05, 0) is 97.9 Å². The number of aromatic nitrogens is 1. The summed E-state index contributed by atoms with van der Waals surface area (Å²) in [4.78, 5) is 36.4. The van der Waals surface area contributed by atoms with E-state index < -0.39 is 31.4 Å². The fraction of sp³-hybridized carbons (Fsp3) is 0.447. The number of piperazine rings is 1. The Morgan fingerprint density at radius 2 is 1.69 bits per heavy atom. The van der Waals surface area contributed by atoms with Crippen LogP contribution >= 0.6 is 23.2 Å². The Kier molecular flexibility index (Phi) is 14.2. The van der Waals surface area contributed by atoms with Gasteiger partial charge in [-0.1, -0.05) is 54.8 Å². The van der Waals surface area contributed by atoms with Crippen LogP contribution in [0.3, 0.4) is 0 Å². The van der Waals surface area contributed by atoms with Crippen molar-refractivity contribution in [3.05, 3.63) is 110 Å². The first kappa shape index (κ1) is 46.6. The molecule has 0 atom stereocenters. The number of allylic oxidation sites excluding steroid dienone is 1. The number of nitrogens with zero attached hydrogens (tertiary/aromatic N) is 5. The topological polar surface area (TPSA) is 186 Å². The Hall–Kier alpha value is -4.97. The maximum atomic E-state index is 13.9. The van der Waals surface area contributed by atoms with Crippen molar-refractivity contribution >= 4 is 67.6 Å². The van der Waals surface area contributed by atoms with Gasteiger partial charge in [-0.15, -0.1) is 0 Å². The summed E-state index contributed by atoms with van der Waals surface area (Å²) in [6, 6.07) is 18.6. The lowest BCUT2D eigenvalue weighted by atomic mass is 9.72. The lowest BCUT2D eigenvalue weighted by Gasteiger charge is -2.39. The average Bonchev–Trinajstić information content (AvgIpc) is 3.29. The molecule has 4 aromatic rings. The van der Waals surface area contributed by atoms with Gasteiger partial charge in [0.05, 0.1) is 39.8 Å². The molecule has 1 aromatic heterocycles. The third-order valence-electron chi connectivity index (χ3n) is 13.1. The van der Waals surface area contributed by atoms with Crippen molar-refractivity contribution in [3.63, 3.8) is 0 Å². The van der Waals surface area contributed by atoms with E-state index in [1.807, 2.05) is 12.1 Å². The molecule has 3 aromatic carbocycles. The van der Waals surface area contributed by atoms with E-state index in [4.69, 9.17) is 38.4 Å².